The lowest BCUT2D eigenvalue weighted by molar-refractivity contribution is -0.132. The Morgan fingerprint density at radius 2 is 2.32 bits per heavy atom. The number of nitrogens with zero attached hydrogens (tertiary/aromatic N) is 4. The maximum atomic E-state index is 12.6. The maximum absolute atomic E-state index is 12.6. The van der Waals surface area contributed by atoms with Gasteiger partial charge in [0.2, 0.25) is 5.91 Å². The average Bonchev–Trinajstić information content (AvgIpc) is 3.14. The quantitative estimate of drug-likeness (QED) is 0.847. The van der Waals surface area contributed by atoms with Gasteiger partial charge in [-0.2, -0.15) is 5.10 Å². The summed E-state index contributed by atoms with van der Waals surface area (Å²) in [6.07, 6.45) is 3.35. The minimum absolute atomic E-state index is 0.213. The SMILES string of the molecule is CN(C)CC[C@@H]1CN(C(=O)Cc2cccs2)Cc2ccnn21. The predicted octanol–water partition coefficient (Wildman–Crippen LogP) is 2.02. The third kappa shape index (κ3) is 3.39. The molecular weight excluding hydrogens is 296 g/mol. The van der Waals surface area contributed by atoms with E-state index in [2.05, 4.69) is 28.8 Å². The fourth-order valence-corrected chi connectivity index (χ4v) is 3.57. The number of fused-ring (bicyclic) bond motifs is 1. The molecule has 0 bridgehead atoms. The highest BCUT2D eigenvalue weighted by Gasteiger charge is 2.28. The summed E-state index contributed by atoms with van der Waals surface area (Å²) >= 11 is 1.65. The summed E-state index contributed by atoms with van der Waals surface area (Å²) in [5, 5.41) is 6.47. The van der Waals surface area contributed by atoms with Crippen molar-refractivity contribution in [3.8, 4) is 0 Å². The van der Waals surface area contributed by atoms with E-state index >= 15 is 0 Å². The van der Waals surface area contributed by atoms with Crippen LogP contribution in [0.4, 0.5) is 0 Å². The second kappa shape index (κ2) is 6.62. The van der Waals surface area contributed by atoms with Crippen molar-refractivity contribution in [1.82, 2.24) is 19.6 Å². The van der Waals surface area contributed by atoms with Gasteiger partial charge in [-0.3, -0.25) is 9.48 Å². The molecule has 0 aromatic carbocycles. The van der Waals surface area contributed by atoms with Gasteiger partial charge in [0.25, 0.3) is 0 Å². The number of thiophene rings is 1. The van der Waals surface area contributed by atoms with Gasteiger partial charge in [-0.15, -0.1) is 11.3 Å². The molecule has 0 fully saturated rings. The second-order valence-electron chi connectivity index (χ2n) is 6.04. The van der Waals surface area contributed by atoms with E-state index in [0.29, 0.717) is 13.0 Å². The van der Waals surface area contributed by atoms with E-state index in [0.717, 1.165) is 30.1 Å². The zero-order chi connectivity index (χ0) is 15.5. The van der Waals surface area contributed by atoms with E-state index in [-0.39, 0.29) is 11.9 Å². The van der Waals surface area contributed by atoms with Gasteiger partial charge in [0.05, 0.1) is 24.7 Å². The first-order chi connectivity index (χ1) is 10.6. The highest BCUT2D eigenvalue weighted by Crippen LogP contribution is 2.24. The molecule has 6 heteroatoms. The number of rotatable bonds is 5. The molecule has 0 N–H and O–H groups in total. The number of hydrogen-bond donors (Lipinski definition) is 0. The first-order valence-corrected chi connectivity index (χ1v) is 8.48. The van der Waals surface area contributed by atoms with E-state index < -0.39 is 0 Å². The Kier molecular flexibility index (Phi) is 4.59. The van der Waals surface area contributed by atoms with Crippen LogP contribution in [0.1, 0.15) is 23.0 Å². The first-order valence-electron chi connectivity index (χ1n) is 7.61. The number of aromatic nitrogens is 2. The fraction of sp³-hybridized carbons (Fsp3) is 0.500. The lowest BCUT2D eigenvalue weighted by Crippen LogP contribution is -2.42. The third-order valence-corrected chi connectivity index (χ3v) is 4.93. The smallest absolute Gasteiger partial charge is 0.228 e. The zero-order valence-corrected chi connectivity index (χ0v) is 13.9. The first kappa shape index (κ1) is 15.2. The molecule has 0 aliphatic carbocycles. The summed E-state index contributed by atoms with van der Waals surface area (Å²) in [4.78, 5) is 17.9. The van der Waals surface area contributed by atoms with Gasteiger partial charge in [-0.1, -0.05) is 6.07 Å². The Bertz CT molecular complexity index is 620. The molecular formula is C16H22N4OS. The Labute approximate surface area is 135 Å². The molecule has 3 heterocycles. The second-order valence-corrected chi connectivity index (χ2v) is 7.08. The molecule has 0 saturated carbocycles. The molecule has 0 spiro atoms. The highest BCUT2D eigenvalue weighted by molar-refractivity contribution is 7.10. The summed E-state index contributed by atoms with van der Waals surface area (Å²) in [5.74, 6) is 0.213. The van der Waals surface area contributed by atoms with Crippen LogP contribution in [-0.2, 0) is 17.8 Å². The third-order valence-electron chi connectivity index (χ3n) is 4.05. The highest BCUT2D eigenvalue weighted by atomic mass is 32.1. The maximum Gasteiger partial charge on any atom is 0.228 e. The molecule has 1 aliphatic heterocycles. The standard InChI is InChI=1S/C16H22N4OS/c1-18(2)8-6-14-12-19(11-13-5-7-17-20(13)14)16(21)10-15-4-3-9-22-15/h3-5,7,9,14H,6,8,10-12H2,1-2H3/t14-/m1/s1. The lowest BCUT2D eigenvalue weighted by Gasteiger charge is -2.34. The molecule has 0 radical (unpaired) electrons. The van der Waals surface area contributed by atoms with Gasteiger partial charge in [0.15, 0.2) is 0 Å². The van der Waals surface area contributed by atoms with Crippen molar-refractivity contribution < 1.29 is 4.79 Å². The number of hydrogen-bond acceptors (Lipinski definition) is 4. The van der Waals surface area contributed by atoms with E-state index in [9.17, 15) is 4.79 Å². The zero-order valence-electron chi connectivity index (χ0n) is 13.1. The normalized spacial score (nSPS) is 17.8. The monoisotopic (exact) mass is 318 g/mol. The summed E-state index contributed by atoms with van der Waals surface area (Å²) in [6, 6.07) is 6.32. The summed E-state index contributed by atoms with van der Waals surface area (Å²) in [6.45, 7) is 2.42. The molecule has 5 nitrogen and oxygen atoms in total. The topological polar surface area (TPSA) is 41.4 Å². The Morgan fingerprint density at radius 1 is 1.45 bits per heavy atom. The summed E-state index contributed by atoms with van der Waals surface area (Å²) < 4.78 is 2.10. The van der Waals surface area contributed by atoms with Gasteiger partial charge in [-0.25, -0.2) is 0 Å². The van der Waals surface area contributed by atoms with Crippen molar-refractivity contribution in [2.75, 3.05) is 27.2 Å². The fourth-order valence-electron chi connectivity index (χ4n) is 2.87. The summed E-state index contributed by atoms with van der Waals surface area (Å²) in [5.41, 5.74) is 1.13. The molecule has 22 heavy (non-hydrogen) atoms. The number of carbonyl (C=O) groups excluding carboxylic acids is 1. The molecule has 3 rings (SSSR count). The molecule has 0 unspecified atom stereocenters. The molecule has 2 aromatic heterocycles. The number of amides is 1. The Hall–Kier alpha value is -1.66. The number of carbonyl (C=O) groups is 1. The van der Waals surface area contributed by atoms with Crippen LogP contribution in [0, 0.1) is 0 Å². The molecule has 1 amide bonds. The molecule has 1 atom stereocenters. The van der Waals surface area contributed by atoms with Crippen molar-refractivity contribution >= 4 is 17.2 Å². The van der Waals surface area contributed by atoms with Crippen LogP contribution in [0.15, 0.2) is 29.8 Å². The predicted molar refractivity (Wildman–Crippen MR) is 87.9 cm³/mol. The molecule has 1 aliphatic rings. The van der Waals surface area contributed by atoms with E-state index in [1.165, 1.54) is 0 Å². The van der Waals surface area contributed by atoms with Crippen LogP contribution in [-0.4, -0.2) is 52.7 Å². The average molecular weight is 318 g/mol. The van der Waals surface area contributed by atoms with Crippen LogP contribution < -0.4 is 0 Å². The van der Waals surface area contributed by atoms with Crippen LogP contribution in [0.2, 0.25) is 0 Å². The van der Waals surface area contributed by atoms with Crippen LogP contribution in [0.3, 0.4) is 0 Å². The Morgan fingerprint density at radius 3 is 3.05 bits per heavy atom. The van der Waals surface area contributed by atoms with Gasteiger partial charge in [-0.05, 0) is 44.6 Å². The van der Waals surface area contributed by atoms with Crippen LogP contribution in [0.5, 0.6) is 0 Å². The van der Waals surface area contributed by atoms with Gasteiger partial charge in [0.1, 0.15) is 0 Å². The lowest BCUT2D eigenvalue weighted by atomic mass is 10.1. The van der Waals surface area contributed by atoms with Crippen molar-refractivity contribution in [3.05, 3.63) is 40.3 Å². The Balaban J connectivity index is 1.70. The van der Waals surface area contributed by atoms with E-state index in [1.807, 2.05) is 34.7 Å². The van der Waals surface area contributed by atoms with Crippen LogP contribution in [0.25, 0.3) is 0 Å². The van der Waals surface area contributed by atoms with Gasteiger partial charge >= 0.3 is 0 Å². The summed E-state index contributed by atoms with van der Waals surface area (Å²) in [7, 11) is 4.15. The van der Waals surface area contributed by atoms with Crippen molar-refractivity contribution in [2.45, 2.75) is 25.4 Å². The van der Waals surface area contributed by atoms with E-state index in [4.69, 9.17) is 0 Å². The van der Waals surface area contributed by atoms with Crippen molar-refractivity contribution in [3.63, 3.8) is 0 Å². The van der Waals surface area contributed by atoms with Crippen LogP contribution >= 0.6 is 11.3 Å². The van der Waals surface area contributed by atoms with E-state index in [1.54, 1.807) is 11.3 Å². The minimum atomic E-state index is 0.213. The molecule has 118 valence electrons. The van der Waals surface area contributed by atoms with Crippen molar-refractivity contribution in [2.24, 2.45) is 0 Å². The van der Waals surface area contributed by atoms with Gasteiger partial charge < -0.3 is 9.80 Å². The van der Waals surface area contributed by atoms with Crippen molar-refractivity contribution in [1.29, 1.82) is 0 Å². The largest absolute Gasteiger partial charge is 0.334 e. The van der Waals surface area contributed by atoms with Gasteiger partial charge in [0, 0.05) is 17.6 Å². The molecule has 0 saturated heterocycles. The molecule has 2 aromatic rings. The minimum Gasteiger partial charge on any atom is -0.334 e.